The predicted molar refractivity (Wildman–Crippen MR) is 51.1 cm³/mol. The number of thiol groups is 4. The highest BCUT2D eigenvalue weighted by molar-refractivity contribution is 8.31. The summed E-state index contributed by atoms with van der Waals surface area (Å²) in [6.07, 6.45) is 0. The van der Waals surface area contributed by atoms with Crippen LogP contribution < -0.4 is 0 Å². The first kappa shape index (κ1) is 8.75. The fourth-order valence-electron chi connectivity index (χ4n) is 0.109. The minimum absolute atomic E-state index is 0.0278. The molecule has 0 aromatic rings. The van der Waals surface area contributed by atoms with E-state index in [2.05, 4.69) is 50.5 Å². The summed E-state index contributed by atoms with van der Waals surface area (Å²) in [4.78, 5) is 0. The lowest BCUT2D eigenvalue weighted by Gasteiger charge is -2.02. The fourth-order valence-corrected chi connectivity index (χ4v) is 2.94. The Kier molecular flexibility index (Phi) is 5.77. The molecule has 0 radical (unpaired) electrons. The lowest BCUT2D eigenvalue weighted by atomic mass is 11.8. The van der Waals surface area contributed by atoms with Crippen LogP contribution in [0.5, 0.6) is 0 Å². The molecule has 0 fully saturated rings. The standard InChI is InChI=1S/C2H6S5/c3-1(4)7-2(5)6/h1-6H. The van der Waals surface area contributed by atoms with Crippen LogP contribution in [-0.4, -0.2) is 7.83 Å². The first-order chi connectivity index (χ1) is 3.13. The van der Waals surface area contributed by atoms with Gasteiger partial charge in [0.25, 0.3) is 0 Å². The van der Waals surface area contributed by atoms with Crippen LogP contribution in [0.1, 0.15) is 0 Å². The van der Waals surface area contributed by atoms with Crippen molar-refractivity contribution in [3.05, 3.63) is 0 Å². The Morgan fingerprint density at radius 3 is 1.14 bits per heavy atom. The quantitative estimate of drug-likeness (QED) is 0.382. The Hall–Kier alpha value is 1.75. The van der Waals surface area contributed by atoms with Crippen molar-refractivity contribution >= 4 is 62.3 Å². The number of rotatable bonds is 2. The molecule has 5 heteroatoms. The van der Waals surface area contributed by atoms with E-state index in [9.17, 15) is 0 Å². The molecular formula is C2H6S5. The molecule has 0 aliphatic rings. The highest BCUT2D eigenvalue weighted by atomic mass is 32.3. The molecule has 7 heavy (non-hydrogen) atoms. The third-order valence-electron chi connectivity index (χ3n) is 0.243. The predicted octanol–water partition coefficient (Wildman–Crippen LogP) is 2.01. The summed E-state index contributed by atoms with van der Waals surface area (Å²) in [5.74, 6) is 0. The van der Waals surface area contributed by atoms with Crippen LogP contribution in [0.2, 0.25) is 0 Å². The van der Waals surface area contributed by atoms with Gasteiger partial charge in [-0.25, -0.2) is 0 Å². The Bertz CT molecular complexity index is 35.3. The molecule has 0 rings (SSSR count). The van der Waals surface area contributed by atoms with Crippen molar-refractivity contribution < 1.29 is 0 Å². The summed E-state index contributed by atoms with van der Waals surface area (Å²) in [6.45, 7) is 0. The van der Waals surface area contributed by atoms with Gasteiger partial charge in [0.15, 0.2) is 0 Å². The summed E-state index contributed by atoms with van der Waals surface area (Å²) in [5.41, 5.74) is 0. The fraction of sp³-hybridized carbons (Fsp3) is 1.00. The van der Waals surface area contributed by atoms with Crippen LogP contribution in [0.15, 0.2) is 0 Å². The molecule has 0 aliphatic heterocycles. The zero-order valence-corrected chi connectivity index (χ0v) is 7.75. The molecule has 0 aromatic heterocycles. The number of hydrogen-bond donors (Lipinski definition) is 4. The van der Waals surface area contributed by atoms with Crippen molar-refractivity contribution in [3.63, 3.8) is 0 Å². The molecular weight excluding hydrogens is 184 g/mol. The van der Waals surface area contributed by atoms with Crippen LogP contribution in [0.25, 0.3) is 0 Å². The van der Waals surface area contributed by atoms with Crippen molar-refractivity contribution in [2.24, 2.45) is 0 Å². The maximum Gasteiger partial charge on any atom is 0.0918 e. The monoisotopic (exact) mass is 190 g/mol. The van der Waals surface area contributed by atoms with E-state index in [4.69, 9.17) is 0 Å². The number of thioether (sulfide) groups is 1. The normalized spacial score (nSPS) is 11.1. The maximum atomic E-state index is 3.97. The van der Waals surface area contributed by atoms with Crippen molar-refractivity contribution in [2.75, 3.05) is 0 Å². The van der Waals surface area contributed by atoms with Gasteiger partial charge in [-0.15, -0.1) is 11.8 Å². The summed E-state index contributed by atoms with van der Waals surface area (Å²) >= 11 is 17.3. The first-order valence-corrected chi connectivity index (χ1v) is 4.51. The smallest absolute Gasteiger partial charge is 0.0918 e. The van der Waals surface area contributed by atoms with Crippen LogP contribution in [0.4, 0.5) is 0 Å². The zero-order chi connectivity index (χ0) is 5.86. The van der Waals surface area contributed by atoms with Gasteiger partial charge < -0.3 is 0 Å². The van der Waals surface area contributed by atoms with Crippen LogP contribution >= 0.6 is 62.3 Å². The average molecular weight is 190 g/mol. The Balaban J connectivity index is 2.95. The van der Waals surface area contributed by atoms with Crippen LogP contribution in [-0.2, 0) is 0 Å². The Morgan fingerprint density at radius 1 is 0.857 bits per heavy atom. The molecule has 0 saturated heterocycles. The molecule has 0 amide bonds. The van der Waals surface area contributed by atoms with E-state index in [0.29, 0.717) is 0 Å². The lowest BCUT2D eigenvalue weighted by molar-refractivity contribution is 2.01. The molecule has 0 spiro atoms. The van der Waals surface area contributed by atoms with Crippen molar-refractivity contribution in [1.82, 2.24) is 0 Å². The van der Waals surface area contributed by atoms with Gasteiger partial charge >= 0.3 is 0 Å². The molecule has 0 unspecified atom stereocenters. The van der Waals surface area contributed by atoms with Gasteiger partial charge in [-0.2, -0.15) is 50.5 Å². The van der Waals surface area contributed by atoms with Gasteiger partial charge in [0.1, 0.15) is 0 Å². The molecule has 0 aliphatic carbocycles. The second-order valence-corrected chi connectivity index (χ2v) is 6.28. The lowest BCUT2D eigenvalue weighted by Crippen LogP contribution is -1.82. The third kappa shape index (κ3) is 7.75. The SMILES string of the molecule is SC(S)SC(S)S. The summed E-state index contributed by atoms with van der Waals surface area (Å²) in [5, 5.41) is 0. The zero-order valence-electron chi connectivity index (χ0n) is 3.35. The Morgan fingerprint density at radius 2 is 1.14 bits per heavy atom. The topological polar surface area (TPSA) is 0 Å². The van der Waals surface area contributed by atoms with Gasteiger partial charge in [-0.3, -0.25) is 0 Å². The molecule has 0 aromatic carbocycles. The van der Waals surface area contributed by atoms with Crippen LogP contribution in [0.3, 0.4) is 0 Å². The highest BCUT2D eigenvalue weighted by Gasteiger charge is 1.99. The molecule has 0 bridgehead atoms. The third-order valence-corrected chi connectivity index (χ3v) is 2.19. The van der Waals surface area contributed by atoms with Crippen LogP contribution in [0, 0.1) is 0 Å². The van der Waals surface area contributed by atoms with Gasteiger partial charge in [0.05, 0.1) is 7.83 Å². The van der Waals surface area contributed by atoms with E-state index in [1.54, 1.807) is 0 Å². The second-order valence-electron chi connectivity index (χ2n) is 0.789. The molecule has 44 valence electrons. The van der Waals surface area contributed by atoms with E-state index in [1.165, 1.54) is 11.8 Å². The second kappa shape index (κ2) is 4.61. The summed E-state index contributed by atoms with van der Waals surface area (Å²) in [7, 11) is 0. The summed E-state index contributed by atoms with van der Waals surface area (Å²) in [6, 6.07) is 0. The highest BCUT2D eigenvalue weighted by Crippen LogP contribution is 2.27. The summed E-state index contributed by atoms with van der Waals surface area (Å²) < 4.78 is 0.0556. The number of hydrogen-bond acceptors (Lipinski definition) is 5. The van der Waals surface area contributed by atoms with E-state index in [1.807, 2.05) is 0 Å². The largest absolute Gasteiger partial charge is 0.154 e. The average Bonchev–Trinajstić information content (AvgIpc) is 1.27. The molecule has 0 nitrogen and oxygen atoms in total. The molecule has 0 saturated carbocycles. The van der Waals surface area contributed by atoms with E-state index in [-0.39, 0.29) is 7.83 Å². The first-order valence-electron chi connectivity index (χ1n) is 1.50. The molecule has 0 heterocycles. The minimum Gasteiger partial charge on any atom is -0.154 e. The molecule has 0 atom stereocenters. The van der Waals surface area contributed by atoms with Gasteiger partial charge in [0.2, 0.25) is 0 Å². The minimum atomic E-state index is 0.0278. The van der Waals surface area contributed by atoms with Crippen molar-refractivity contribution in [1.29, 1.82) is 0 Å². The van der Waals surface area contributed by atoms with Gasteiger partial charge in [0, 0.05) is 0 Å². The van der Waals surface area contributed by atoms with Crippen molar-refractivity contribution in [3.8, 4) is 0 Å². The Labute approximate surface area is 69.8 Å². The van der Waals surface area contributed by atoms with Gasteiger partial charge in [-0.05, 0) is 0 Å². The van der Waals surface area contributed by atoms with E-state index < -0.39 is 0 Å². The van der Waals surface area contributed by atoms with Crippen molar-refractivity contribution in [2.45, 2.75) is 7.83 Å². The van der Waals surface area contributed by atoms with E-state index >= 15 is 0 Å². The maximum absolute atomic E-state index is 3.97. The molecule has 0 N–H and O–H groups in total. The van der Waals surface area contributed by atoms with E-state index in [0.717, 1.165) is 0 Å². The van der Waals surface area contributed by atoms with Gasteiger partial charge in [-0.1, -0.05) is 0 Å².